The number of hydrogen-bond acceptors (Lipinski definition) is 5. The van der Waals surface area contributed by atoms with Gasteiger partial charge in [0.25, 0.3) is 5.56 Å². The van der Waals surface area contributed by atoms with Gasteiger partial charge in [-0.3, -0.25) is 4.79 Å². The average Bonchev–Trinajstić information content (AvgIpc) is 2.96. The maximum absolute atomic E-state index is 13.7. The molecule has 0 unspecified atom stereocenters. The highest BCUT2D eigenvalue weighted by molar-refractivity contribution is 9.13. The van der Waals surface area contributed by atoms with Crippen LogP contribution in [0.1, 0.15) is 61.9 Å². The molecule has 1 heterocycles. The highest BCUT2D eigenvalue weighted by Crippen LogP contribution is 2.43. The van der Waals surface area contributed by atoms with Gasteiger partial charge >= 0.3 is 0 Å². The lowest BCUT2D eigenvalue weighted by molar-refractivity contribution is 0.267. The second-order valence-corrected chi connectivity index (χ2v) is 12.0. The van der Waals surface area contributed by atoms with E-state index in [4.69, 9.17) is 19.6 Å². The Morgan fingerprint density at radius 3 is 2.51 bits per heavy atom. The van der Waals surface area contributed by atoms with Gasteiger partial charge in [-0.15, -0.1) is 0 Å². The maximum atomic E-state index is 13.7. The number of ether oxygens (including phenoxy) is 2. The van der Waals surface area contributed by atoms with Crippen LogP contribution in [0.5, 0.6) is 11.5 Å². The predicted molar refractivity (Wildman–Crippen MR) is 166 cm³/mol. The number of hydrogen-bond donors (Lipinski definition) is 0. The van der Waals surface area contributed by atoms with E-state index in [1.165, 1.54) is 11.1 Å². The van der Waals surface area contributed by atoms with Gasteiger partial charge in [0.1, 0.15) is 12.4 Å². The van der Waals surface area contributed by atoms with Crippen molar-refractivity contribution >= 4 is 64.9 Å². The molecule has 39 heavy (non-hydrogen) atoms. The van der Waals surface area contributed by atoms with E-state index < -0.39 is 0 Å². The van der Waals surface area contributed by atoms with Crippen LogP contribution in [0.4, 0.5) is 0 Å². The van der Waals surface area contributed by atoms with Gasteiger partial charge in [0.05, 0.1) is 28.2 Å². The van der Waals surface area contributed by atoms with Crippen molar-refractivity contribution in [3.8, 4) is 11.5 Å². The molecule has 0 N–H and O–H groups in total. The van der Waals surface area contributed by atoms with Crippen molar-refractivity contribution in [2.45, 2.75) is 51.6 Å². The lowest BCUT2D eigenvalue weighted by Gasteiger charge is -2.23. The third-order valence-electron chi connectivity index (χ3n) is 6.80. The quantitative estimate of drug-likeness (QED) is 0.171. The minimum absolute atomic E-state index is 0.179. The van der Waals surface area contributed by atoms with Crippen LogP contribution in [0.15, 0.2) is 77.9 Å². The van der Waals surface area contributed by atoms with Gasteiger partial charge in [-0.2, -0.15) is 9.78 Å². The molecule has 1 saturated carbocycles. The molecule has 1 aliphatic carbocycles. The Morgan fingerprint density at radius 2 is 1.77 bits per heavy atom. The van der Waals surface area contributed by atoms with Crippen LogP contribution in [0.2, 0.25) is 0 Å². The van der Waals surface area contributed by atoms with Crippen LogP contribution in [-0.4, -0.2) is 22.5 Å². The molecule has 6 nitrogen and oxygen atoms in total. The summed E-state index contributed by atoms with van der Waals surface area (Å²) in [6, 6.07) is 17.5. The van der Waals surface area contributed by atoms with Crippen LogP contribution in [0.25, 0.3) is 10.9 Å². The first kappa shape index (κ1) is 28.1. The molecule has 0 spiro atoms. The fraction of sp³-hybridized carbons (Fsp3) is 0.300. The monoisotopic (exact) mass is 715 g/mol. The van der Waals surface area contributed by atoms with Crippen molar-refractivity contribution in [3.05, 3.63) is 95.3 Å². The average molecular weight is 718 g/mol. The van der Waals surface area contributed by atoms with Gasteiger partial charge in [0, 0.05) is 20.4 Å². The van der Waals surface area contributed by atoms with Crippen molar-refractivity contribution in [1.82, 2.24) is 9.66 Å². The van der Waals surface area contributed by atoms with Crippen molar-refractivity contribution in [2.75, 3.05) is 6.61 Å². The Morgan fingerprint density at radius 1 is 1.00 bits per heavy atom. The fourth-order valence-electron chi connectivity index (χ4n) is 4.85. The van der Waals surface area contributed by atoms with E-state index in [-0.39, 0.29) is 11.5 Å². The molecule has 1 aromatic heterocycles. The number of benzene rings is 3. The van der Waals surface area contributed by atoms with E-state index in [0.29, 0.717) is 45.9 Å². The third-order valence-corrected chi connectivity index (χ3v) is 9.43. The molecule has 0 aliphatic heterocycles. The molecule has 202 valence electrons. The van der Waals surface area contributed by atoms with Gasteiger partial charge < -0.3 is 9.47 Å². The largest absolute Gasteiger partial charge is 0.490 e. The molecule has 0 saturated heterocycles. The Hall–Kier alpha value is -2.49. The number of rotatable bonds is 8. The number of halogens is 3. The topological polar surface area (TPSA) is 65.7 Å². The van der Waals surface area contributed by atoms with Crippen molar-refractivity contribution < 1.29 is 9.47 Å². The normalized spacial score (nSPS) is 14.3. The van der Waals surface area contributed by atoms with Gasteiger partial charge in [0.2, 0.25) is 0 Å². The Balaban J connectivity index is 1.56. The number of aromatic nitrogens is 2. The van der Waals surface area contributed by atoms with Crippen LogP contribution < -0.4 is 15.0 Å². The van der Waals surface area contributed by atoms with E-state index in [9.17, 15) is 4.79 Å². The molecule has 9 heteroatoms. The molecular formula is C30H28Br3N3O3. The first-order valence-corrected chi connectivity index (χ1v) is 15.4. The first-order chi connectivity index (χ1) is 19.0. The predicted octanol–water partition coefficient (Wildman–Crippen LogP) is 8.59. The van der Waals surface area contributed by atoms with Crippen LogP contribution >= 0.6 is 47.8 Å². The summed E-state index contributed by atoms with van der Waals surface area (Å²) in [5.41, 5.74) is 2.31. The zero-order valence-corrected chi connectivity index (χ0v) is 26.3. The summed E-state index contributed by atoms with van der Waals surface area (Å²) in [5, 5.41) is 5.24. The summed E-state index contributed by atoms with van der Waals surface area (Å²) >= 11 is 10.9. The van der Waals surface area contributed by atoms with E-state index >= 15 is 0 Å². The van der Waals surface area contributed by atoms with Gasteiger partial charge in [0.15, 0.2) is 11.5 Å². The number of nitrogens with zero attached hydrogens (tertiary/aromatic N) is 3. The van der Waals surface area contributed by atoms with Crippen molar-refractivity contribution in [1.29, 1.82) is 0 Å². The summed E-state index contributed by atoms with van der Waals surface area (Å²) in [6.07, 6.45) is 7.15. The molecule has 4 aromatic rings. The van der Waals surface area contributed by atoms with Crippen molar-refractivity contribution in [2.24, 2.45) is 5.10 Å². The van der Waals surface area contributed by atoms with Gasteiger partial charge in [-0.1, -0.05) is 65.5 Å². The van der Waals surface area contributed by atoms with Crippen LogP contribution in [0, 0.1) is 0 Å². The number of fused-ring (bicyclic) bond motifs is 1. The summed E-state index contributed by atoms with van der Waals surface area (Å²) in [7, 11) is 0. The highest BCUT2D eigenvalue weighted by Gasteiger charge is 2.23. The summed E-state index contributed by atoms with van der Waals surface area (Å²) in [5.74, 6) is 2.10. The van der Waals surface area contributed by atoms with Crippen molar-refractivity contribution in [3.63, 3.8) is 0 Å². The van der Waals surface area contributed by atoms with Crippen LogP contribution in [-0.2, 0) is 6.61 Å². The smallest absolute Gasteiger partial charge is 0.282 e. The standard InChI is InChI=1S/C30H28Br3N3O3/c1-2-38-25-15-21(26(32)27(33)28(25)39-18-19-9-5-3-6-10-19)17-34-36-29(20-11-7-4-8-12-20)35-24-14-13-22(31)16-23(24)30(36)37/h3,5-6,9-10,13-17,20H,2,4,7-8,11-12,18H2,1H3. The Kier molecular flexibility index (Phi) is 9.20. The van der Waals surface area contributed by atoms with E-state index in [2.05, 4.69) is 47.8 Å². The lowest BCUT2D eigenvalue weighted by atomic mass is 9.88. The molecule has 1 aliphatic rings. The van der Waals surface area contributed by atoms with E-state index in [0.717, 1.165) is 45.8 Å². The molecule has 0 amide bonds. The maximum Gasteiger partial charge on any atom is 0.282 e. The van der Waals surface area contributed by atoms with Gasteiger partial charge in [-0.25, -0.2) is 4.98 Å². The molecule has 0 bridgehead atoms. The Bertz CT molecular complexity index is 1570. The second kappa shape index (κ2) is 12.8. The minimum atomic E-state index is -0.179. The highest BCUT2D eigenvalue weighted by atomic mass is 79.9. The van der Waals surface area contributed by atoms with Gasteiger partial charge in [-0.05, 0) is 81.5 Å². The zero-order valence-electron chi connectivity index (χ0n) is 21.5. The fourth-order valence-corrected chi connectivity index (χ4v) is 6.14. The zero-order chi connectivity index (χ0) is 27.4. The summed E-state index contributed by atoms with van der Waals surface area (Å²) in [6.45, 7) is 2.80. The van der Waals surface area contributed by atoms with E-state index in [1.54, 1.807) is 12.3 Å². The molecule has 0 atom stereocenters. The molecular weight excluding hydrogens is 690 g/mol. The lowest BCUT2D eigenvalue weighted by Crippen LogP contribution is -2.25. The summed E-state index contributed by atoms with van der Waals surface area (Å²) in [4.78, 5) is 18.6. The second-order valence-electron chi connectivity index (χ2n) is 9.46. The molecule has 0 radical (unpaired) electrons. The summed E-state index contributed by atoms with van der Waals surface area (Å²) < 4.78 is 15.9. The third kappa shape index (κ3) is 6.31. The minimum Gasteiger partial charge on any atom is -0.490 e. The van der Waals surface area contributed by atoms with E-state index in [1.807, 2.05) is 55.5 Å². The molecule has 3 aromatic carbocycles. The Labute approximate surface area is 252 Å². The first-order valence-electron chi connectivity index (χ1n) is 13.0. The molecule has 1 fully saturated rings. The SMILES string of the molecule is CCOc1cc(C=Nn2c(C3CCCCC3)nc3ccc(Br)cc3c2=O)c(Br)c(Br)c1OCc1ccccc1. The molecule has 5 rings (SSSR count). The van der Waals surface area contributed by atoms with Crippen LogP contribution in [0.3, 0.4) is 0 Å².